The van der Waals surface area contributed by atoms with Crippen LogP contribution in [0.5, 0.6) is 0 Å². The van der Waals surface area contributed by atoms with Crippen LogP contribution in [0.3, 0.4) is 0 Å². The molecule has 1 unspecified atom stereocenters. The Hall–Kier alpha value is -0.910. The molecule has 0 saturated carbocycles. The number of hydrogen-bond donors (Lipinski definition) is 3. The molecule has 1 aromatic rings. The summed E-state index contributed by atoms with van der Waals surface area (Å²) >= 11 is 8.09. The van der Waals surface area contributed by atoms with Crippen LogP contribution in [0, 0.1) is 0 Å². The van der Waals surface area contributed by atoms with Gasteiger partial charge in [-0.25, -0.2) is 0 Å². The minimum atomic E-state index is 0.0640. The van der Waals surface area contributed by atoms with E-state index in [0.29, 0.717) is 23.2 Å². The quantitative estimate of drug-likeness (QED) is 0.313. The lowest BCUT2D eigenvalue weighted by molar-refractivity contribution is 0.318. The Bertz CT molecular complexity index is 440. The van der Waals surface area contributed by atoms with E-state index in [0.717, 1.165) is 17.1 Å². The molecule has 0 heterocycles. The van der Waals surface area contributed by atoms with E-state index in [1.165, 1.54) is 0 Å². The van der Waals surface area contributed by atoms with E-state index in [1.807, 2.05) is 17.8 Å². The zero-order valence-corrected chi connectivity index (χ0v) is 12.8. The van der Waals surface area contributed by atoms with Crippen LogP contribution in [0.15, 0.2) is 23.4 Å². The molecule has 6 heteroatoms. The summed E-state index contributed by atoms with van der Waals surface area (Å²) in [5.74, 6) is 2.27. The highest BCUT2D eigenvalue weighted by Crippen LogP contribution is 2.18. The summed E-state index contributed by atoms with van der Waals surface area (Å²) in [6.07, 6.45) is 0. The van der Waals surface area contributed by atoms with Crippen LogP contribution in [0.2, 0.25) is 5.02 Å². The Morgan fingerprint density at radius 3 is 2.89 bits per heavy atom. The number of thioether (sulfide) groups is 1. The van der Waals surface area contributed by atoms with Crippen molar-refractivity contribution in [2.45, 2.75) is 26.4 Å². The third kappa shape index (κ3) is 5.30. The fourth-order valence-electron chi connectivity index (χ4n) is 1.55. The number of amidine groups is 1. The summed E-state index contributed by atoms with van der Waals surface area (Å²) in [6.45, 7) is 5.02. The van der Waals surface area contributed by atoms with Gasteiger partial charge in [-0.3, -0.25) is 0 Å². The van der Waals surface area contributed by atoms with E-state index in [9.17, 15) is 0 Å². The number of benzene rings is 1. The maximum absolute atomic E-state index is 8.61. The molecule has 0 fully saturated rings. The lowest BCUT2D eigenvalue weighted by Gasteiger charge is -2.14. The van der Waals surface area contributed by atoms with Crippen LogP contribution in [0.1, 0.15) is 25.0 Å². The molecule has 0 aliphatic heterocycles. The van der Waals surface area contributed by atoms with E-state index < -0.39 is 0 Å². The molecule has 0 spiro atoms. The molecule has 0 saturated heterocycles. The first-order valence-corrected chi connectivity index (χ1v) is 7.69. The average Bonchev–Trinajstić information content (AvgIpc) is 2.42. The SMILES string of the molecule is CCSCC(C)NCc1ccc(/C(N)=N/O)cc1Cl. The first-order valence-electron chi connectivity index (χ1n) is 6.16. The highest BCUT2D eigenvalue weighted by Gasteiger charge is 2.07. The Balaban J connectivity index is 2.60. The summed E-state index contributed by atoms with van der Waals surface area (Å²) < 4.78 is 0. The molecule has 0 bridgehead atoms. The summed E-state index contributed by atoms with van der Waals surface area (Å²) in [5, 5.41) is 15.6. The van der Waals surface area contributed by atoms with Gasteiger partial charge >= 0.3 is 0 Å². The van der Waals surface area contributed by atoms with Gasteiger partial charge in [0.15, 0.2) is 5.84 Å². The van der Waals surface area contributed by atoms with Gasteiger partial charge in [0.05, 0.1) is 0 Å². The number of oxime groups is 1. The Morgan fingerprint density at radius 1 is 1.58 bits per heavy atom. The molecule has 106 valence electrons. The zero-order valence-electron chi connectivity index (χ0n) is 11.2. The number of nitrogens with one attached hydrogen (secondary N) is 1. The minimum Gasteiger partial charge on any atom is -0.409 e. The Labute approximate surface area is 123 Å². The van der Waals surface area contributed by atoms with Crippen molar-refractivity contribution in [1.82, 2.24) is 5.32 Å². The predicted octanol–water partition coefficient (Wildman–Crippen LogP) is 2.67. The lowest BCUT2D eigenvalue weighted by Crippen LogP contribution is -2.27. The minimum absolute atomic E-state index is 0.0640. The molecular formula is C13H20ClN3OS. The fourth-order valence-corrected chi connectivity index (χ4v) is 2.50. The average molecular weight is 302 g/mol. The van der Waals surface area contributed by atoms with Crippen LogP contribution >= 0.6 is 23.4 Å². The van der Waals surface area contributed by atoms with E-state index in [4.69, 9.17) is 22.5 Å². The molecule has 0 radical (unpaired) electrons. The fraction of sp³-hybridized carbons (Fsp3) is 0.462. The number of hydrogen-bond acceptors (Lipinski definition) is 4. The van der Waals surface area contributed by atoms with E-state index in [2.05, 4.69) is 24.3 Å². The van der Waals surface area contributed by atoms with Gasteiger partial charge in [0.25, 0.3) is 0 Å². The van der Waals surface area contributed by atoms with Crippen molar-refractivity contribution in [3.8, 4) is 0 Å². The third-order valence-electron chi connectivity index (χ3n) is 2.67. The normalized spacial score (nSPS) is 13.5. The molecule has 19 heavy (non-hydrogen) atoms. The van der Waals surface area contributed by atoms with Gasteiger partial charge in [-0.15, -0.1) is 0 Å². The maximum atomic E-state index is 8.61. The standard InChI is InChI=1S/C13H20ClN3OS/c1-3-19-8-9(2)16-7-11-5-4-10(6-12(11)14)13(15)17-18/h4-6,9,16,18H,3,7-8H2,1-2H3,(H2,15,17). The lowest BCUT2D eigenvalue weighted by atomic mass is 10.1. The summed E-state index contributed by atoms with van der Waals surface area (Å²) in [4.78, 5) is 0. The van der Waals surface area contributed by atoms with Crippen LogP contribution in [-0.2, 0) is 6.54 Å². The van der Waals surface area contributed by atoms with Crippen LogP contribution in [0.4, 0.5) is 0 Å². The molecule has 4 N–H and O–H groups in total. The molecule has 0 aromatic heterocycles. The molecule has 0 amide bonds. The molecule has 0 aliphatic rings. The molecule has 0 aliphatic carbocycles. The molecule has 4 nitrogen and oxygen atoms in total. The van der Waals surface area contributed by atoms with Crippen molar-refractivity contribution in [3.05, 3.63) is 34.3 Å². The van der Waals surface area contributed by atoms with Crippen molar-refractivity contribution < 1.29 is 5.21 Å². The van der Waals surface area contributed by atoms with E-state index >= 15 is 0 Å². The first-order chi connectivity index (χ1) is 9.08. The van der Waals surface area contributed by atoms with Crippen molar-refractivity contribution in [2.24, 2.45) is 10.9 Å². The highest BCUT2D eigenvalue weighted by molar-refractivity contribution is 7.99. The predicted molar refractivity (Wildman–Crippen MR) is 83.3 cm³/mol. The number of halogens is 1. The summed E-state index contributed by atoms with van der Waals surface area (Å²) in [7, 11) is 0. The van der Waals surface area contributed by atoms with Crippen molar-refractivity contribution in [2.75, 3.05) is 11.5 Å². The second kappa shape index (κ2) is 8.30. The summed E-state index contributed by atoms with van der Waals surface area (Å²) in [6, 6.07) is 5.83. The van der Waals surface area contributed by atoms with Gasteiger partial charge in [0.1, 0.15) is 0 Å². The zero-order chi connectivity index (χ0) is 14.3. The highest BCUT2D eigenvalue weighted by atomic mass is 35.5. The smallest absolute Gasteiger partial charge is 0.170 e. The monoisotopic (exact) mass is 301 g/mol. The van der Waals surface area contributed by atoms with Crippen molar-refractivity contribution in [3.63, 3.8) is 0 Å². The van der Waals surface area contributed by atoms with Gasteiger partial charge in [-0.2, -0.15) is 11.8 Å². The van der Waals surface area contributed by atoms with Gasteiger partial charge in [0.2, 0.25) is 0 Å². The second-order valence-corrected chi connectivity index (χ2v) is 5.96. The van der Waals surface area contributed by atoms with Gasteiger partial charge < -0.3 is 16.3 Å². The Morgan fingerprint density at radius 2 is 2.32 bits per heavy atom. The van der Waals surface area contributed by atoms with Crippen LogP contribution < -0.4 is 11.1 Å². The molecule has 1 rings (SSSR count). The number of nitrogens with two attached hydrogens (primary N) is 1. The topological polar surface area (TPSA) is 70.6 Å². The summed E-state index contributed by atoms with van der Waals surface area (Å²) in [5.41, 5.74) is 7.13. The van der Waals surface area contributed by atoms with Gasteiger partial charge in [-0.05, 0) is 24.3 Å². The number of rotatable bonds is 7. The Kier molecular flexibility index (Phi) is 7.05. The van der Waals surface area contributed by atoms with Crippen LogP contribution in [0.25, 0.3) is 0 Å². The first kappa shape index (κ1) is 16.1. The third-order valence-corrected chi connectivity index (χ3v) is 4.17. The largest absolute Gasteiger partial charge is 0.409 e. The molecule has 1 atom stereocenters. The maximum Gasteiger partial charge on any atom is 0.170 e. The molecular weight excluding hydrogens is 282 g/mol. The van der Waals surface area contributed by atoms with E-state index in [-0.39, 0.29) is 5.84 Å². The van der Waals surface area contributed by atoms with E-state index in [1.54, 1.807) is 12.1 Å². The van der Waals surface area contributed by atoms with Gasteiger partial charge in [0, 0.05) is 28.9 Å². The van der Waals surface area contributed by atoms with Crippen molar-refractivity contribution >= 4 is 29.2 Å². The molecule has 1 aromatic carbocycles. The van der Waals surface area contributed by atoms with Gasteiger partial charge in [-0.1, -0.05) is 35.8 Å². The number of nitrogens with zero attached hydrogens (tertiary/aromatic N) is 1. The second-order valence-electron chi connectivity index (χ2n) is 4.23. The van der Waals surface area contributed by atoms with Crippen molar-refractivity contribution in [1.29, 1.82) is 0 Å². The van der Waals surface area contributed by atoms with Crippen LogP contribution in [-0.4, -0.2) is 28.6 Å².